The van der Waals surface area contributed by atoms with Crippen LogP contribution in [0.15, 0.2) is 12.3 Å². The minimum atomic E-state index is 0.171. The molecule has 16 heavy (non-hydrogen) atoms. The molecule has 0 saturated carbocycles. The lowest BCUT2D eigenvalue weighted by Gasteiger charge is -2.23. The molecule has 1 aliphatic rings. The second kappa shape index (κ2) is 5.12. The third-order valence-corrected chi connectivity index (χ3v) is 3.00. The van der Waals surface area contributed by atoms with Gasteiger partial charge in [0.1, 0.15) is 0 Å². The lowest BCUT2D eigenvalue weighted by molar-refractivity contribution is -0.122. The van der Waals surface area contributed by atoms with E-state index in [1.807, 2.05) is 24.0 Å². The average molecular weight is 222 g/mol. The Morgan fingerprint density at radius 3 is 3.19 bits per heavy atom. The van der Waals surface area contributed by atoms with Gasteiger partial charge in [0.05, 0.1) is 0 Å². The van der Waals surface area contributed by atoms with Crippen LogP contribution in [0.2, 0.25) is 0 Å². The van der Waals surface area contributed by atoms with E-state index in [-0.39, 0.29) is 5.91 Å². The molecule has 5 heteroatoms. The van der Waals surface area contributed by atoms with Crippen LogP contribution in [-0.2, 0) is 18.3 Å². The van der Waals surface area contributed by atoms with Gasteiger partial charge in [-0.15, -0.1) is 0 Å². The van der Waals surface area contributed by atoms with Crippen LogP contribution in [0.3, 0.4) is 0 Å². The van der Waals surface area contributed by atoms with Gasteiger partial charge in [0.15, 0.2) is 0 Å². The third-order valence-electron chi connectivity index (χ3n) is 3.00. The number of carbonyl (C=O) groups is 1. The molecule has 1 atom stereocenters. The summed E-state index contributed by atoms with van der Waals surface area (Å²) in [5, 5.41) is 10.4. The standard InChI is InChI=1S/C11H18N4O/c1-15-10(5-7-14-15)4-6-12-9-2-3-11(16)13-8-9/h5,7,9,12H,2-4,6,8H2,1H3,(H,13,16). The number of hydrogen-bond donors (Lipinski definition) is 2. The van der Waals surface area contributed by atoms with Gasteiger partial charge in [0.25, 0.3) is 0 Å². The van der Waals surface area contributed by atoms with Crippen LogP contribution in [0, 0.1) is 0 Å². The van der Waals surface area contributed by atoms with E-state index in [9.17, 15) is 4.79 Å². The molecule has 5 nitrogen and oxygen atoms in total. The second-order valence-electron chi connectivity index (χ2n) is 4.19. The zero-order valence-corrected chi connectivity index (χ0v) is 9.57. The van der Waals surface area contributed by atoms with E-state index in [1.165, 1.54) is 5.69 Å². The fourth-order valence-electron chi connectivity index (χ4n) is 1.96. The highest BCUT2D eigenvalue weighted by Gasteiger charge is 2.16. The average Bonchev–Trinajstić information content (AvgIpc) is 2.68. The summed E-state index contributed by atoms with van der Waals surface area (Å²) in [6, 6.07) is 2.45. The maximum Gasteiger partial charge on any atom is 0.220 e. The lowest BCUT2D eigenvalue weighted by Crippen LogP contribution is -2.46. The van der Waals surface area contributed by atoms with E-state index < -0.39 is 0 Å². The van der Waals surface area contributed by atoms with Crippen molar-refractivity contribution in [2.24, 2.45) is 7.05 Å². The number of aromatic nitrogens is 2. The Hall–Kier alpha value is -1.36. The smallest absolute Gasteiger partial charge is 0.220 e. The number of nitrogens with zero attached hydrogens (tertiary/aromatic N) is 2. The van der Waals surface area contributed by atoms with Crippen LogP contribution in [0.4, 0.5) is 0 Å². The summed E-state index contributed by atoms with van der Waals surface area (Å²) in [6.07, 6.45) is 4.37. The molecular formula is C11H18N4O. The van der Waals surface area contributed by atoms with E-state index in [1.54, 1.807) is 0 Å². The summed E-state index contributed by atoms with van der Waals surface area (Å²) in [4.78, 5) is 11.0. The zero-order valence-electron chi connectivity index (χ0n) is 9.57. The Kier molecular flexibility index (Phi) is 3.56. The molecule has 0 radical (unpaired) electrons. The molecule has 0 aliphatic carbocycles. The van der Waals surface area contributed by atoms with Crippen molar-refractivity contribution in [2.45, 2.75) is 25.3 Å². The van der Waals surface area contributed by atoms with Crippen LogP contribution < -0.4 is 10.6 Å². The maximum atomic E-state index is 11.0. The first kappa shape index (κ1) is 11.1. The molecule has 1 aromatic rings. The topological polar surface area (TPSA) is 59.0 Å². The number of hydrogen-bond acceptors (Lipinski definition) is 3. The van der Waals surface area contributed by atoms with Crippen molar-refractivity contribution >= 4 is 5.91 Å². The van der Waals surface area contributed by atoms with E-state index >= 15 is 0 Å². The molecule has 1 amide bonds. The molecular weight excluding hydrogens is 204 g/mol. The molecule has 2 N–H and O–H groups in total. The van der Waals surface area contributed by atoms with E-state index in [4.69, 9.17) is 0 Å². The van der Waals surface area contributed by atoms with Gasteiger partial charge < -0.3 is 10.6 Å². The Morgan fingerprint density at radius 1 is 1.69 bits per heavy atom. The summed E-state index contributed by atoms with van der Waals surface area (Å²) < 4.78 is 1.89. The SMILES string of the molecule is Cn1nccc1CCNC1CCC(=O)NC1. The van der Waals surface area contributed by atoms with Gasteiger partial charge in [-0.1, -0.05) is 0 Å². The third kappa shape index (κ3) is 2.82. The van der Waals surface area contributed by atoms with Crippen LogP contribution >= 0.6 is 0 Å². The van der Waals surface area contributed by atoms with E-state index in [0.717, 1.165) is 25.9 Å². The van der Waals surface area contributed by atoms with E-state index in [2.05, 4.69) is 15.7 Å². The first-order valence-corrected chi connectivity index (χ1v) is 5.72. The molecule has 1 unspecified atom stereocenters. The highest BCUT2D eigenvalue weighted by atomic mass is 16.1. The van der Waals surface area contributed by atoms with E-state index in [0.29, 0.717) is 12.5 Å². The van der Waals surface area contributed by atoms with Crippen molar-refractivity contribution in [1.29, 1.82) is 0 Å². The van der Waals surface area contributed by atoms with Gasteiger partial charge in [0, 0.05) is 50.9 Å². The van der Waals surface area contributed by atoms with Crippen molar-refractivity contribution in [3.63, 3.8) is 0 Å². The number of nitrogens with one attached hydrogen (secondary N) is 2. The number of piperidine rings is 1. The number of amides is 1. The molecule has 2 heterocycles. The molecule has 2 rings (SSSR count). The van der Waals surface area contributed by atoms with Crippen LogP contribution in [0.1, 0.15) is 18.5 Å². The Morgan fingerprint density at radius 2 is 2.56 bits per heavy atom. The van der Waals surface area contributed by atoms with Gasteiger partial charge >= 0.3 is 0 Å². The Labute approximate surface area is 95.2 Å². The predicted octanol–water partition coefficient (Wildman–Crippen LogP) is -0.169. The summed E-state index contributed by atoms with van der Waals surface area (Å²) >= 11 is 0. The monoisotopic (exact) mass is 222 g/mol. The van der Waals surface area contributed by atoms with Crippen molar-refractivity contribution in [1.82, 2.24) is 20.4 Å². The van der Waals surface area contributed by atoms with Crippen molar-refractivity contribution < 1.29 is 4.79 Å². The second-order valence-corrected chi connectivity index (χ2v) is 4.19. The number of aryl methyl sites for hydroxylation is 1. The van der Waals surface area contributed by atoms with Gasteiger partial charge in [0.2, 0.25) is 5.91 Å². The number of carbonyl (C=O) groups excluding carboxylic acids is 1. The quantitative estimate of drug-likeness (QED) is 0.743. The molecule has 1 aliphatic heterocycles. The molecule has 1 fully saturated rings. The van der Waals surface area contributed by atoms with Crippen molar-refractivity contribution in [3.8, 4) is 0 Å². The fourth-order valence-corrected chi connectivity index (χ4v) is 1.96. The highest BCUT2D eigenvalue weighted by molar-refractivity contribution is 5.76. The van der Waals surface area contributed by atoms with Crippen LogP contribution in [-0.4, -0.2) is 34.8 Å². The fraction of sp³-hybridized carbons (Fsp3) is 0.636. The van der Waals surface area contributed by atoms with Crippen LogP contribution in [0.5, 0.6) is 0 Å². The van der Waals surface area contributed by atoms with Gasteiger partial charge in [-0.05, 0) is 12.5 Å². The Bertz CT molecular complexity index is 351. The molecule has 0 aromatic carbocycles. The minimum absolute atomic E-state index is 0.171. The predicted molar refractivity (Wildman–Crippen MR) is 60.9 cm³/mol. The molecule has 0 bridgehead atoms. The van der Waals surface area contributed by atoms with Crippen molar-refractivity contribution in [3.05, 3.63) is 18.0 Å². The van der Waals surface area contributed by atoms with Gasteiger partial charge in [-0.2, -0.15) is 5.10 Å². The molecule has 1 saturated heterocycles. The Balaban J connectivity index is 1.68. The van der Waals surface area contributed by atoms with Crippen molar-refractivity contribution in [2.75, 3.05) is 13.1 Å². The summed E-state index contributed by atoms with van der Waals surface area (Å²) in [7, 11) is 1.95. The lowest BCUT2D eigenvalue weighted by atomic mass is 10.1. The summed E-state index contributed by atoms with van der Waals surface area (Å²) in [6.45, 7) is 1.68. The number of rotatable bonds is 4. The molecule has 1 aromatic heterocycles. The molecule has 0 spiro atoms. The first-order valence-electron chi connectivity index (χ1n) is 5.72. The highest BCUT2D eigenvalue weighted by Crippen LogP contribution is 2.03. The maximum absolute atomic E-state index is 11.0. The normalized spacial score (nSPS) is 20.8. The summed E-state index contributed by atoms with van der Waals surface area (Å²) in [5.74, 6) is 0.171. The largest absolute Gasteiger partial charge is 0.355 e. The van der Waals surface area contributed by atoms with Gasteiger partial charge in [-0.3, -0.25) is 9.48 Å². The first-order chi connectivity index (χ1) is 7.75. The summed E-state index contributed by atoms with van der Waals surface area (Å²) in [5.41, 5.74) is 1.23. The van der Waals surface area contributed by atoms with Crippen LogP contribution in [0.25, 0.3) is 0 Å². The van der Waals surface area contributed by atoms with Gasteiger partial charge in [-0.25, -0.2) is 0 Å². The zero-order chi connectivity index (χ0) is 11.4. The molecule has 88 valence electrons. The minimum Gasteiger partial charge on any atom is -0.355 e.